The number of H-pyrrole nitrogens is 1. The average molecular weight is 953 g/mol. The first-order valence-corrected chi connectivity index (χ1v) is 28.7. The van der Waals surface area contributed by atoms with Crippen molar-refractivity contribution in [2.75, 3.05) is 19.8 Å². The van der Waals surface area contributed by atoms with E-state index in [1.54, 1.807) is 0 Å². The maximum atomic E-state index is 6.82. The third-order valence-corrected chi connectivity index (χ3v) is 14.1. The molecule has 0 bridgehead atoms. The van der Waals surface area contributed by atoms with E-state index >= 15 is 0 Å². The summed E-state index contributed by atoms with van der Waals surface area (Å²) in [6.07, 6.45) is 38.9. The van der Waals surface area contributed by atoms with Crippen LogP contribution in [0.25, 0.3) is 44.8 Å². The first-order valence-electron chi connectivity index (χ1n) is 28.7. The zero-order valence-electron chi connectivity index (χ0n) is 44.2. The van der Waals surface area contributed by atoms with Crippen molar-refractivity contribution in [2.45, 2.75) is 220 Å². The fourth-order valence-corrected chi connectivity index (χ4v) is 9.92. The van der Waals surface area contributed by atoms with Crippen LogP contribution < -0.4 is 14.2 Å². The van der Waals surface area contributed by atoms with Gasteiger partial charge < -0.3 is 23.8 Å². The molecule has 0 aliphatic rings. The van der Waals surface area contributed by atoms with Gasteiger partial charge in [-0.1, -0.05) is 237 Å². The molecule has 70 heavy (non-hydrogen) atoms. The van der Waals surface area contributed by atoms with Crippen LogP contribution in [0.1, 0.15) is 219 Å². The fourth-order valence-electron chi connectivity index (χ4n) is 9.92. The summed E-state index contributed by atoms with van der Waals surface area (Å²) in [6, 6.07) is 29.8. The van der Waals surface area contributed by atoms with Crippen LogP contribution in [0.15, 0.2) is 84.9 Å². The Balaban J connectivity index is 1.21. The van der Waals surface area contributed by atoms with Crippen LogP contribution >= 0.6 is 0 Å². The molecule has 1 N–H and O–H groups in total. The molecule has 0 spiro atoms. The summed E-state index contributed by atoms with van der Waals surface area (Å²) in [6.45, 7) is 9.48. The van der Waals surface area contributed by atoms with Crippen LogP contribution in [-0.4, -0.2) is 39.3 Å². The lowest BCUT2D eigenvalue weighted by Crippen LogP contribution is -2.09. The van der Waals surface area contributed by atoms with Crippen molar-refractivity contribution in [3.05, 3.63) is 90.5 Å². The van der Waals surface area contributed by atoms with Gasteiger partial charge in [0, 0.05) is 17.7 Å². The molecule has 0 amide bonds. The SMILES string of the molecule is CCCCCCCCCCCCOc1cc(Cn2c(-c3cccc(-c4nc5ccccc5[nH]4)c3)nc3ccccc32)cc(OCCCCCCCCCCCC)c1OCCCCCCCCCCCC. The number of fused-ring (bicyclic) bond motifs is 2. The molecule has 2 aromatic heterocycles. The summed E-state index contributed by atoms with van der Waals surface area (Å²) in [4.78, 5) is 13.7. The summed E-state index contributed by atoms with van der Waals surface area (Å²) in [5.74, 6) is 4.15. The van der Waals surface area contributed by atoms with Gasteiger partial charge in [-0.05, 0) is 67.3 Å². The van der Waals surface area contributed by atoms with Crippen molar-refractivity contribution in [1.29, 1.82) is 0 Å². The maximum absolute atomic E-state index is 6.82. The van der Waals surface area contributed by atoms with Crippen molar-refractivity contribution in [1.82, 2.24) is 19.5 Å². The van der Waals surface area contributed by atoms with E-state index in [9.17, 15) is 0 Å². The minimum absolute atomic E-state index is 0.604. The fraction of sp³-hybridized carbons (Fsp3) is 0.587. The van der Waals surface area contributed by atoms with Gasteiger partial charge in [-0.2, -0.15) is 0 Å². The number of unbranched alkanes of at least 4 members (excludes halogenated alkanes) is 27. The number of hydrogen-bond acceptors (Lipinski definition) is 5. The number of hydrogen-bond donors (Lipinski definition) is 1. The van der Waals surface area contributed by atoms with E-state index in [2.05, 4.69) is 103 Å². The zero-order chi connectivity index (χ0) is 48.7. The molecule has 7 nitrogen and oxygen atoms in total. The Labute approximate surface area is 424 Å². The van der Waals surface area contributed by atoms with Gasteiger partial charge >= 0.3 is 0 Å². The lowest BCUT2D eigenvalue weighted by Gasteiger charge is -2.20. The molecule has 2 heterocycles. The molecular weight excluding hydrogens is 861 g/mol. The van der Waals surface area contributed by atoms with Gasteiger partial charge in [0.2, 0.25) is 5.75 Å². The molecular formula is C63H92N4O3. The van der Waals surface area contributed by atoms with E-state index in [-0.39, 0.29) is 0 Å². The lowest BCUT2D eigenvalue weighted by atomic mass is 10.1. The smallest absolute Gasteiger partial charge is 0.203 e. The van der Waals surface area contributed by atoms with Crippen molar-refractivity contribution in [2.24, 2.45) is 0 Å². The maximum Gasteiger partial charge on any atom is 0.203 e. The van der Waals surface area contributed by atoms with Crippen LogP contribution in [0, 0.1) is 0 Å². The molecule has 0 radical (unpaired) electrons. The highest BCUT2D eigenvalue weighted by atomic mass is 16.5. The summed E-state index contributed by atoms with van der Waals surface area (Å²) in [5.41, 5.74) is 7.24. The average Bonchev–Trinajstić information content (AvgIpc) is 3.99. The number of para-hydroxylation sites is 4. The molecule has 382 valence electrons. The minimum Gasteiger partial charge on any atom is -0.490 e. The number of imidazole rings is 2. The first-order chi connectivity index (χ1) is 34.7. The number of benzene rings is 4. The van der Waals surface area contributed by atoms with Crippen molar-refractivity contribution >= 4 is 22.1 Å². The number of nitrogens with zero attached hydrogens (tertiary/aromatic N) is 3. The van der Waals surface area contributed by atoms with E-state index in [4.69, 9.17) is 24.2 Å². The van der Waals surface area contributed by atoms with Crippen LogP contribution in [-0.2, 0) is 6.54 Å². The van der Waals surface area contributed by atoms with E-state index in [0.717, 1.165) is 86.9 Å². The Bertz CT molecular complexity index is 2230. The van der Waals surface area contributed by atoms with E-state index in [0.29, 0.717) is 26.4 Å². The van der Waals surface area contributed by atoms with E-state index in [1.807, 2.05) is 12.1 Å². The van der Waals surface area contributed by atoms with E-state index in [1.165, 1.54) is 173 Å². The van der Waals surface area contributed by atoms with Gasteiger partial charge in [0.25, 0.3) is 0 Å². The molecule has 0 fully saturated rings. The van der Waals surface area contributed by atoms with Crippen LogP contribution in [0.2, 0.25) is 0 Å². The van der Waals surface area contributed by atoms with Gasteiger partial charge in [0.15, 0.2) is 11.5 Å². The Kier molecular flexibility index (Phi) is 25.7. The predicted octanol–water partition coefficient (Wildman–Crippen LogP) is 19.2. The molecule has 7 heteroatoms. The Morgan fingerprint density at radius 2 is 0.857 bits per heavy atom. The molecule has 6 rings (SSSR count). The Morgan fingerprint density at radius 1 is 0.414 bits per heavy atom. The largest absolute Gasteiger partial charge is 0.490 e. The third-order valence-electron chi connectivity index (χ3n) is 14.1. The Morgan fingerprint density at radius 3 is 1.37 bits per heavy atom. The van der Waals surface area contributed by atoms with Crippen molar-refractivity contribution in [3.63, 3.8) is 0 Å². The number of ether oxygens (including phenoxy) is 3. The highest BCUT2D eigenvalue weighted by molar-refractivity contribution is 5.83. The molecule has 0 aliphatic carbocycles. The number of rotatable bonds is 40. The van der Waals surface area contributed by atoms with Crippen LogP contribution in [0.5, 0.6) is 17.2 Å². The van der Waals surface area contributed by atoms with Gasteiger partial charge in [-0.15, -0.1) is 0 Å². The monoisotopic (exact) mass is 953 g/mol. The normalized spacial score (nSPS) is 11.6. The van der Waals surface area contributed by atoms with Crippen molar-refractivity contribution in [3.8, 4) is 40.0 Å². The molecule has 0 saturated heterocycles. The molecule has 0 aliphatic heterocycles. The van der Waals surface area contributed by atoms with Crippen LogP contribution in [0.4, 0.5) is 0 Å². The van der Waals surface area contributed by atoms with Crippen molar-refractivity contribution < 1.29 is 14.2 Å². The molecule has 0 saturated carbocycles. The highest BCUT2D eigenvalue weighted by Crippen LogP contribution is 2.41. The predicted molar refractivity (Wildman–Crippen MR) is 298 cm³/mol. The summed E-state index contributed by atoms with van der Waals surface area (Å²) in [5, 5.41) is 0. The quantitative estimate of drug-likeness (QED) is 0.0389. The number of nitrogens with one attached hydrogen (secondary N) is 1. The highest BCUT2D eigenvalue weighted by Gasteiger charge is 2.20. The molecule has 6 aromatic rings. The van der Waals surface area contributed by atoms with Gasteiger partial charge in [-0.25, -0.2) is 9.97 Å². The number of aromatic nitrogens is 4. The van der Waals surface area contributed by atoms with Gasteiger partial charge in [-0.3, -0.25) is 0 Å². The first kappa shape index (κ1) is 54.6. The molecule has 0 unspecified atom stereocenters. The standard InChI is InChI=1S/C63H92N4O3/c1-4-7-10-13-16-19-22-25-28-35-45-68-59-48-52(49-60(69-46-36-29-26-23-20-17-14-11-8-5-2)61(59)70-47-37-30-27-24-21-18-15-12-9-6-3)51-67-58-44-34-33-43-57(58)66-63(67)54-40-38-39-53(50-54)62-64-55-41-31-32-42-56(55)65-62/h31-34,38-44,48-50H,4-30,35-37,45-47,51H2,1-3H3,(H,64,65). The summed E-state index contributed by atoms with van der Waals surface area (Å²) in [7, 11) is 0. The lowest BCUT2D eigenvalue weighted by molar-refractivity contribution is 0.233. The topological polar surface area (TPSA) is 74.2 Å². The van der Waals surface area contributed by atoms with Crippen LogP contribution in [0.3, 0.4) is 0 Å². The number of aromatic amines is 1. The second kappa shape index (κ2) is 33.0. The second-order valence-electron chi connectivity index (χ2n) is 20.2. The van der Waals surface area contributed by atoms with Gasteiger partial charge in [0.1, 0.15) is 11.6 Å². The molecule has 4 aromatic carbocycles. The summed E-state index contributed by atoms with van der Waals surface area (Å²) >= 11 is 0. The second-order valence-corrected chi connectivity index (χ2v) is 20.2. The van der Waals surface area contributed by atoms with Gasteiger partial charge in [0.05, 0.1) is 41.9 Å². The molecule has 0 atom stereocenters. The van der Waals surface area contributed by atoms with E-state index < -0.39 is 0 Å². The minimum atomic E-state index is 0.604. The Hall–Kier alpha value is -4.78. The zero-order valence-corrected chi connectivity index (χ0v) is 44.2. The summed E-state index contributed by atoms with van der Waals surface area (Å²) < 4.78 is 22.8. The third kappa shape index (κ3) is 18.8.